The topological polar surface area (TPSA) is 3.24 Å². The standard InChI is InChI=1S/C26H55N/c1-5-8-10-11-12-13-14-15-16-17-18-19-20-22-24-26(23-21-9-6-2)27(4)25-7-3/h26H,5-25H2,1-4H3. The Morgan fingerprint density at radius 2 is 0.778 bits per heavy atom. The van der Waals surface area contributed by atoms with Crippen molar-refractivity contribution in [3.63, 3.8) is 0 Å². The molecular weight excluding hydrogens is 326 g/mol. The molecule has 0 fully saturated rings. The number of unbranched alkanes of at least 4 members (excludes halogenated alkanes) is 15. The zero-order chi connectivity index (χ0) is 20.0. The molecule has 0 saturated heterocycles. The van der Waals surface area contributed by atoms with Crippen molar-refractivity contribution in [1.82, 2.24) is 4.90 Å². The first-order valence-corrected chi connectivity index (χ1v) is 13.0. The lowest BCUT2D eigenvalue weighted by atomic mass is 9.99. The molecule has 0 saturated carbocycles. The van der Waals surface area contributed by atoms with E-state index >= 15 is 0 Å². The van der Waals surface area contributed by atoms with Gasteiger partial charge in [0.05, 0.1) is 0 Å². The van der Waals surface area contributed by atoms with E-state index < -0.39 is 0 Å². The molecule has 0 spiro atoms. The van der Waals surface area contributed by atoms with Crippen molar-refractivity contribution < 1.29 is 0 Å². The Labute approximate surface area is 174 Å². The lowest BCUT2D eigenvalue weighted by Crippen LogP contribution is -2.32. The van der Waals surface area contributed by atoms with Crippen molar-refractivity contribution >= 4 is 0 Å². The van der Waals surface area contributed by atoms with Gasteiger partial charge in [-0.05, 0) is 32.9 Å². The summed E-state index contributed by atoms with van der Waals surface area (Å²) in [5.41, 5.74) is 0. The van der Waals surface area contributed by atoms with Gasteiger partial charge in [-0.25, -0.2) is 0 Å². The first-order chi connectivity index (χ1) is 13.3. The van der Waals surface area contributed by atoms with E-state index in [9.17, 15) is 0 Å². The number of rotatable bonds is 22. The van der Waals surface area contributed by atoms with Crippen molar-refractivity contribution in [2.24, 2.45) is 0 Å². The Morgan fingerprint density at radius 3 is 1.19 bits per heavy atom. The van der Waals surface area contributed by atoms with Crippen LogP contribution in [-0.4, -0.2) is 24.5 Å². The summed E-state index contributed by atoms with van der Waals surface area (Å²) in [4.78, 5) is 2.64. The maximum Gasteiger partial charge on any atom is 0.00922 e. The summed E-state index contributed by atoms with van der Waals surface area (Å²) in [5, 5.41) is 0. The molecule has 164 valence electrons. The smallest absolute Gasteiger partial charge is 0.00922 e. The molecule has 27 heavy (non-hydrogen) atoms. The van der Waals surface area contributed by atoms with Crippen LogP contribution in [-0.2, 0) is 0 Å². The Kier molecular flexibility index (Phi) is 22.2. The third kappa shape index (κ3) is 19.1. The molecule has 0 aromatic heterocycles. The molecule has 1 atom stereocenters. The van der Waals surface area contributed by atoms with Gasteiger partial charge in [0.1, 0.15) is 0 Å². The summed E-state index contributed by atoms with van der Waals surface area (Å²) in [6.45, 7) is 8.21. The Hall–Kier alpha value is -0.0400. The number of nitrogens with zero attached hydrogens (tertiary/aromatic N) is 1. The summed E-state index contributed by atoms with van der Waals surface area (Å²) in [6, 6.07) is 0.842. The molecule has 1 unspecified atom stereocenters. The van der Waals surface area contributed by atoms with Crippen molar-refractivity contribution in [2.75, 3.05) is 13.6 Å². The van der Waals surface area contributed by atoms with Crippen LogP contribution in [0.2, 0.25) is 0 Å². The van der Waals surface area contributed by atoms with Gasteiger partial charge in [-0.1, -0.05) is 130 Å². The van der Waals surface area contributed by atoms with Crippen LogP contribution in [0.3, 0.4) is 0 Å². The van der Waals surface area contributed by atoms with Crippen LogP contribution < -0.4 is 0 Å². The van der Waals surface area contributed by atoms with Crippen molar-refractivity contribution in [1.29, 1.82) is 0 Å². The van der Waals surface area contributed by atoms with Crippen LogP contribution in [0, 0.1) is 0 Å². The minimum Gasteiger partial charge on any atom is -0.303 e. The van der Waals surface area contributed by atoms with Gasteiger partial charge >= 0.3 is 0 Å². The molecule has 0 rings (SSSR count). The van der Waals surface area contributed by atoms with Gasteiger partial charge in [0.15, 0.2) is 0 Å². The summed E-state index contributed by atoms with van der Waals surface area (Å²) in [5.74, 6) is 0. The van der Waals surface area contributed by atoms with Crippen molar-refractivity contribution in [3.8, 4) is 0 Å². The average molecular weight is 382 g/mol. The first-order valence-electron chi connectivity index (χ1n) is 13.0. The predicted molar refractivity (Wildman–Crippen MR) is 126 cm³/mol. The van der Waals surface area contributed by atoms with Crippen molar-refractivity contribution in [2.45, 2.75) is 155 Å². The van der Waals surface area contributed by atoms with E-state index in [1.54, 1.807) is 0 Å². The Morgan fingerprint density at radius 1 is 0.444 bits per heavy atom. The van der Waals surface area contributed by atoms with Gasteiger partial charge in [0.25, 0.3) is 0 Å². The van der Waals surface area contributed by atoms with Gasteiger partial charge in [0.2, 0.25) is 0 Å². The molecule has 1 nitrogen and oxygen atoms in total. The quantitative estimate of drug-likeness (QED) is 0.169. The Bertz CT molecular complexity index is 263. The van der Waals surface area contributed by atoms with Gasteiger partial charge in [-0.2, -0.15) is 0 Å². The van der Waals surface area contributed by atoms with Crippen LogP contribution in [0.1, 0.15) is 149 Å². The SMILES string of the molecule is CCCCCCCCCCCCCCCCC(CCCCC)N(C)CCC. The summed E-state index contributed by atoms with van der Waals surface area (Å²) in [6.07, 6.45) is 28.8. The van der Waals surface area contributed by atoms with Gasteiger partial charge in [-0.3, -0.25) is 0 Å². The van der Waals surface area contributed by atoms with Gasteiger partial charge in [-0.15, -0.1) is 0 Å². The van der Waals surface area contributed by atoms with Crippen LogP contribution in [0.25, 0.3) is 0 Å². The highest BCUT2D eigenvalue weighted by Gasteiger charge is 2.13. The highest BCUT2D eigenvalue weighted by Crippen LogP contribution is 2.18. The molecule has 0 N–H and O–H groups in total. The zero-order valence-electron chi connectivity index (χ0n) is 19.9. The predicted octanol–water partition coefficient (Wildman–Crippen LogP) is 9.15. The summed E-state index contributed by atoms with van der Waals surface area (Å²) >= 11 is 0. The van der Waals surface area contributed by atoms with Crippen LogP contribution in [0.4, 0.5) is 0 Å². The normalized spacial score (nSPS) is 12.8. The van der Waals surface area contributed by atoms with E-state index in [1.165, 1.54) is 135 Å². The van der Waals surface area contributed by atoms with E-state index in [0.717, 1.165) is 6.04 Å². The number of hydrogen-bond acceptors (Lipinski definition) is 1. The lowest BCUT2D eigenvalue weighted by Gasteiger charge is -2.28. The highest BCUT2D eigenvalue weighted by molar-refractivity contribution is 4.69. The second-order valence-corrected chi connectivity index (χ2v) is 9.02. The number of hydrogen-bond donors (Lipinski definition) is 0. The summed E-state index contributed by atoms with van der Waals surface area (Å²) < 4.78 is 0. The van der Waals surface area contributed by atoms with Crippen LogP contribution in [0.5, 0.6) is 0 Å². The maximum absolute atomic E-state index is 2.64. The second kappa shape index (κ2) is 22.3. The van der Waals surface area contributed by atoms with Gasteiger partial charge < -0.3 is 4.90 Å². The molecule has 0 aliphatic heterocycles. The van der Waals surface area contributed by atoms with E-state index in [0.29, 0.717) is 0 Å². The second-order valence-electron chi connectivity index (χ2n) is 9.02. The average Bonchev–Trinajstić information content (AvgIpc) is 2.67. The molecule has 0 aliphatic carbocycles. The molecule has 1 heteroatoms. The third-order valence-electron chi connectivity index (χ3n) is 6.23. The Balaban J connectivity index is 3.47. The fraction of sp³-hybridized carbons (Fsp3) is 1.00. The van der Waals surface area contributed by atoms with E-state index in [4.69, 9.17) is 0 Å². The van der Waals surface area contributed by atoms with E-state index in [-0.39, 0.29) is 0 Å². The molecular formula is C26H55N. The fourth-order valence-electron chi connectivity index (χ4n) is 4.32. The van der Waals surface area contributed by atoms with Gasteiger partial charge in [0, 0.05) is 6.04 Å². The first kappa shape index (κ1) is 27.0. The molecule has 0 radical (unpaired) electrons. The summed E-state index contributed by atoms with van der Waals surface area (Å²) in [7, 11) is 2.35. The molecule has 0 heterocycles. The largest absolute Gasteiger partial charge is 0.303 e. The van der Waals surface area contributed by atoms with E-state index in [2.05, 4.69) is 32.7 Å². The van der Waals surface area contributed by atoms with E-state index in [1.807, 2.05) is 0 Å². The molecule has 0 bridgehead atoms. The highest BCUT2D eigenvalue weighted by atomic mass is 15.1. The minimum atomic E-state index is 0.842. The van der Waals surface area contributed by atoms with Crippen LogP contribution >= 0.6 is 0 Å². The van der Waals surface area contributed by atoms with Crippen molar-refractivity contribution in [3.05, 3.63) is 0 Å². The maximum atomic E-state index is 2.64. The molecule has 0 amide bonds. The molecule has 0 aromatic rings. The zero-order valence-corrected chi connectivity index (χ0v) is 19.9. The monoisotopic (exact) mass is 381 g/mol. The lowest BCUT2D eigenvalue weighted by molar-refractivity contribution is 0.210. The molecule has 0 aliphatic rings. The van der Waals surface area contributed by atoms with Crippen LogP contribution in [0.15, 0.2) is 0 Å². The minimum absolute atomic E-state index is 0.842. The third-order valence-corrected chi connectivity index (χ3v) is 6.23. The molecule has 0 aromatic carbocycles. The fourth-order valence-corrected chi connectivity index (χ4v) is 4.32.